The molecule has 4 heteroatoms. The molecule has 0 bridgehead atoms. The predicted octanol–water partition coefficient (Wildman–Crippen LogP) is 4.31. The Morgan fingerprint density at radius 3 is 2.00 bits per heavy atom. The van der Waals surface area contributed by atoms with Crippen LogP contribution in [0.3, 0.4) is 0 Å². The van der Waals surface area contributed by atoms with Gasteiger partial charge in [-0.3, -0.25) is 4.90 Å². The Labute approximate surface area is 149 Å². The van der Waals surface area contributed by atoms with E-state index in [-0.39, 0.29) is 5.82 Å². The van der Waals surface area contributed by atoms with E-state index in [9.17, 15) is 4.39 Å². The summed E-state index contributed by atoms with van der Waals surface area (Å²) in [5.74, 6) is 1.49. The average Bonchev–Trinajstić information content (AvgIpc) is 2.66. The molecule has 0 amide bonds. The molecule has 0 atom stereocenters. The predicted molar refractivity (Wildman–Crippen MR) is 97.8 cm³/mol. The fraction of sp³-hybridized carbons (Fsp3) is 0.429. The van der Waals surface area contributed by atoms with E-state index in [0.717, 1.165) is 36.6 Å². The second-order valence-corrected chi connectivity index (χ2v) is 6.45. The SMILES string of the molecule is Fc1ccc(CCOc2ccc(OCCN3CCCCC3)cc2)cc1. The van der Waals surface area contributed by atoms with Crippen molar-refractivity contribution in [2.45, 2.75) is 25.7 Å². The molecule has 0 N–H and O–H groups in total. The highest BCUT2D eigenvalue weighted by Gasteiger charge is 2.09. The zero-order valence-corrected chi connectivity index (χ0v) is 14.6. The molecule has 1 saturated heterocycles. The van der Waals surface area contributed by atoms with Crippen LogP contribution in [0.25, 0.3) is 0 Å². The maximum absolute atomic E-state index is 12.9. The molecule has 0 saturated carbocycles. The lowest BCUT2D eigenvalue weighted by atomic mass is 10.1. The summed E-state index contributed by atoms with van der Waals surface area (Å²) < 4.78 is 24.4. The first kappa shape index (κ1) is 17.7. The van der Waals surface area contributed by atoms with E-state index in [1.165, 1.54) is 44.5 Å². The fourth-order valence-corrected chi connectivity index (χ4v) is 3.05. The molecular weight excluding hydrogens is 317 g/mol. The lowest BCUT2D eigenvalue weighted by molar-refractivity contribution is 0.183. The van der Waals surface area contributed by atoms with Crippen LogP contribution in [0.5, 0.6) is 11.5 Å². The first-order valence-electron chi connectivity index (χ1n) is 9.12. The molecule has 0 aromatic heterocycles. The van der Waals surface area contributed by atoms with E-state index in [1.807, 2.05) is 24.3 Å². The van der Waals surface area contributed by atoms with Crippen molar-refractivity contribution in [3.05, 3.63) is 59.9 Å². The summed E-state index contributed by atoms with van der Waals surface area (Å²) in [4.78, 5) is 2.47. The van der Waals surface area contributed by atoms with Crippen LogP contribution in [0.15, 0.2) is 48.5 Å². The summed E-state index contributed by atoms with van der Waals surface area (Å²) in [6.07, 6.45) is 4.74. The van der Waals surface area contributed by atoms with Crippen molar-refractivity contribution in [2.75, 3.05) is 32.8 Å². The number of hydrogen-bond donors (Lipinski definition) is 0. The van der Waals surface area contributed by atoms with E-state index in [4.69, 9.17) is 9.47 Å². The number of piperidine rings is 1. The Kier molecular flexibility index (Phi) is 6.69. The van der Waals surface area contributed by atoms with Gasteiger partial charge in [-0.15, -0.1) is 0 Å². The molecule has 3 nitrogen and oxygen atoms in total. The van der Waals surface area contributed by atoms with Gasteiger partial charge < -0.3 is 9.47 Å². The van der Waals surface area contributed by atoms with Gasteiger partial charge in [-0.1, -0.05) is 18.6 Å². The average molecular weight is 343 g/mol. The quantitative estimate of drug-likeness (QED) is 0.713. The molecule has 0 radical (unpaired) electrons. The van der Waals surface area contributed by atoms with Crippen LogP contribution in [0.4, 0.5) is 4.39 Å². The molecule has 0 aliphatic carbocycles. The van der Waals surface area contributed by atoms with Crippen LogP contribution in [0.1, 0.15) is 24.8 Å². The Hall–Kier alpha value is -2.07. The standard InChI is InChI=1S/C21H26FNO2/c22-19-6-4-18(5-7-19)12-16-24-20-8-10-21(11-9-20)25-17-15-23-13-2-1-3-14-23/h4-11H,1-3,12-17H2. The summed E-state index contributed by atoms with van der Waals surface area (Å²) in [5, 5.41) is 0. The fourth-order valence-electron chi connectivity index (χ4n) is 3.05. The van der Waals surface area contributed by atoms with Crippen LogP contribution in [0, 0.1) is 5.82 Å². The molecule has 1 aliphatic rings. The van der Waals surface area contributed by atoms with Crippen molar-refractivity contribution in [1.82, 2.24) is 4.90 Å². The lowest BCUT2D eigenvalue weighted by Crippen LogP contribution is -2.33. The number of hydrogen-bond acceptors (Lipinski definition) is 3. The highest BCUT2D eigenvalue weighted by atomic mass is 19.1. The highest BCUT2D eigenvalue weighted by molar-refractivity contribution is 5.31. The maximum Gasteiger partial charge on any atom is 0.123 e. The van der Waals surface area contributed by atoms with Crippen LogP contribution in [-0.4, -0.2) is 37.7 Å². The molecule has 1 fully saturated rings. The summed E-state index contributed by atoms with van der Waals surface area (Å²) in [5.41, 5.74) is 1.07. The molecule has 1 heterocycles. The van der Waals surface area contributed by atoms with Crippen molar-refractivity contribution < 1.29 is 13.9 Å². The molecule has 2 aromatic rings. The minimum absolute atomic E-state index is 0.208. The van der Waals surface area contributed by atoms with Crippen molar-refractivity contribution >= 4 is 0 Å². The van der Waals surface area contributed by atoms with Crippen molar-refractivity contribution in [3.63, 3.8) is 0 Å². The minimum atomic E-state index is -0.208. The number of ether oxygens (including phenoxy) is 2. The molecule has 134 valence electrons. The smallest absolute Gasteiger partial charge is 0.123 e. The third-order valence-electron chi connectivity index (χ3n) is 4.52. The van der Waals surface area contributed by atoms with Gasteiger partial charge >= 0.3 is 0 Å². The number of likely N-dealkylation sites (tertiary alicyclic amines) is 1. The Morgan fingerprint density at radius 1 is 0.760 bits per heavy atom. The van der Waals surface area contributed by atoms with E-state index in [1.54, 1.807) is 12.1 Å². The third kappa shape index (κ3) is 6.05. The van der Waals surface area contributed by atoms with Gasteiger partial charge in [-0.25, -0.2) is 4.39 Å². The van der Waals surface area contributed by atoms with E-state index in [0.29, 0.717) is 6.61 Å². The topological polar surface area (TPSA) is 21.7 Å². The molecule has 25 heavy (non-hydrogen) atoms. The number of halogens is 1. The second kappa shape index (κ2) is 9.42. The number of rotatable bonds is 8. The molecular formula is C21H26FNO2. The van der Waals surface area contributed by atoms with Gasteiger partial charge in [0.2, 0.25) is 0 Å². The summed E-state index contributed by atoms with van der Waals surface area (Å²) in [6, 6.07) is 14.3. The van der Waals surface area contributed by atoms with Crippen LogP contribution < -0.4 is 9.47 Å². The summed E-state index contributed by atoms with van der Waals surface area (Å²) in [6.45, 7) is 4.69. The summed E-state index contributed by atoms with van der Waals surface area (Å²) >= 11 is 0. The van der Waals surface area contributed by atoms with Gasteiger partial charge in [-0.2, -0.15) is 0 Å². The van der Waals surface area contributed by atoms with Crippen molar-refractivity contribution in [2.24, 2.45) is 0 Å². The second-order valence-electron chi connectivity index (χ2n) is 6.45. The van der Waals surface area contributed by atoms with Gasteiger partial charge in [0, 0.05) is 13.0 Å². The van der Waals surface area contributed by atoms with Gasteiger partial charge in [0.15, 0.2) is 0 Å². The minimum Gasteiger partial charge on any atom is -0.493 e. The van der Waals surface area contributed by atoms with Gasteiger partial charge in [0.1, 0.15) is 23.9 Å². The molecule has 1 aliphatic heterocycles. The van der Waals surface area contributed by atoms with Gasteiger partial charge in [0.05, 0.1) is 6.61 Å². The normalized spacial score (nSPS) is 15.1. The van der Waals surface area contributed by atoms with Gasteiger partial charge in [-0.05, 0) is 67.9 Å². The molecule has 0 unspecified atom stereocenters. The van der Waals surface area contributed by atoms with Crippen LogP contribution in [-0.2, 0) is 6.42 Å². The molecule has 0 spiro atoms. The van der Waals surface area contributed by atoms with Crippen molar-refractivity contribution in [1.29, 1.82) is 0 Å². The van der Waals surface area contributed by atoms with Crippen molar-refractivity contribution in [3.8, 4) is 11.5 Å². The van der Waals surface area contributed by atoms with E-state index >= 15 is 0 Å². The number of nitrogens with zero attached hydrogens (tertiary/aromatic N) is 1. The monoisotopic (exact) mass is 343 g/mol. The first-order chi connectivity index (χ1) is 12.3. The number of benzene rings is 2. The zero-order valence-electron chi connectivity index (χ0n) is 14.6. The largest absolute Gasteiger partial charge is 0.493 e. The van der Waals surface area contributed by atoms with Gasteiger partial charge in [0.25, 0.3) is 0 Å². The first-order valence-corrected chi connectivity index (χ1v) is 9.12. The maximum atomic E-state index is 12.9. The summed E-state index contributed by atoms with van der Waals surface area (Å²) in [7, 11) is 0. The third-order valence-corrected chi connectivity index (χ3v) is 4.52. The molecule has 3 rings (SSSR count). The van der Waals surface area contributed by atoms with E-state index < -0.39 is 0 Å². The Morgan fingerprint density at radius 2 is 1.36 bits per heavy atom. The molecule has 2 aromatic carbocycles. The van der Waals surface area contributed by atoms with Crippen LogP contribution >= 0.6 is 0 Å². The Balaban J connectivity index is 1.35. The highest BCUT2D eigenvalue weighted by Crippen LogP contribution is 2.18. The Bertz CT molecular complexity index is 621. The van der Waals surface area contributed by atoms with E-state index in [2.05, 4.69) is 4.90 Å². The lowest BCUT2D eigenvalue weighted by Gasteiger charge is -2.26. The zero-order chi connectivity index (χ0) is 17.3. The van der Waals surface area contributed by atoms with Crippen LogP contribution in [0.2, 0.25) is 0 Å².